The number of benzene rings is 2. The fraction of sp³-hybridized carbons (Fsp3) is 0.111. The Morgan fingerprint density at radius 3 is 2.05 bits per heavy atom. The van der Waals surface area contributed by atoms with E-state index >= 15 is 0 Å². The van der Waals surface area contributed by atoms with Crippen molar-refractivity contribution >= 4 is 23.7 Å². The van der Waals surface area contributed by atoms with E-state index in [0.717, 1.165) is 11.3 Å². The third kappa shape index (κ3) is 8.74. The monoisotopic (exact) mass is 570 g/mol. The molecule has 41 heavy (non-hydrogen) atoms. The summed E-state index contributed by atoms with van der Waals surface area (Å²) in [5, 5.41) is 25.6. The van der Waals surface area contributed by atoms with Gasteiger partial charge in [0.2, 0.25) is 0 Å². The standard InChI is InChI=1S/C25H20N4O5.C2HF3O2/c26-22-3-1-2-20(28-22)16-8-10-18(11-9-16)34-25-27-13-12-21(29-25)19(14-23(30)31)15-4-6-17(7-5-15)24(32)33;3-2(4,5)1(6)7/h1-13,19H,14H2,(H2,26,28)(H,30,31)(H,32,33);(H,6,7). The van der Waals surface area contributed by atoms with Gasteiger partial charge in [0.1, 0.15) is 11.6 Å². The van der Waals surface area contributed by atoms with Gasteiger partial charge in [0, 0.05) is 17.7 Å². The number of carbonyl (C=O) groups is 3. The number of hydrogen-bond donors (Lipinski definition) is 4. The van der Waals surface area contributed by atoms with Gasteiger partial charge in [-0.25, -0.2) is 19.6 Å². The van der Waals surface area contributed by atoms with Crippen molar-refractivity contribution in [2.24, 2.45) is 0 Å². The molecule has 0 spiro atoms. The molecule has 11 nitrogen and oxygen atoms in total. The van der Waals surface area contributed by atoms with Gasteiger partial charge in [0.15, 0.2) is 0 Å². The van der Waals surface area contributed by atoms with Crippen LogP contribution < -0.4 is 10.5 Å². The van der Waals surface area contributed by atoms with Gasteiger partial charge in [0.05, 0.1) is 23.4 Å². The van der Waals surface area contributed by atoms with Crippen molar-refractivity contribution in [2.45, 2.75) is 18.5 Å². The Hall–Kier alpha value is -5.53. The predicted octanol–water partition coefficient (Wildman–Crippen LogP) is 4.85. The lowest BCUT2D eigenvalue weighted by molar-refractivity contribution is -0.192. The van der Waals surface area contributed by atoms with Crippen molar-refractivity contribution < 1.29 is 47.6 Å². The fourth-order valence-corrected chi connectivity index (χ4v) is 3.43. The number of alkyl halides is 3. The number of carboxylic acid groups (broad SMARTS) is 3. The lowest BCUT2D eigenvalue weighted by Crippen LogP contribution is -2.21. The zero-order valence-electron chi connectivity index (χ0n) is 20.8. The summed E-state index contributed by atoms with van der Waals surface area (Å²) in [6.07, 6.45) is -3.83. The molecular weight excluding hydrogens is 549 g/mol. The van der Waals surface area contributed by atoms with Crippen LogP contribution in [-0.4, -0.2) is 54.4 Å². The van der Waals surface area contributed by atoms with Crippen molar-refractivity contribution in [1.29, 1.82) is 0 Å². The molecule has 0 aliphatic heterocycles. The minimum absolute atomic E-state index is 0.0601. The number of halogens is 3. The van der Waals surface area contributed by atoms with Crippen LogP contribution in [0.4, 0.5) is 19.0 Å². The summed E-state index contributed by atoms with van der Waals surface area (Å²) in [7, 11) is 0. The zero-order valence-corrected chi connectivity index (χ0v) is 20.8. The Morgan fingerprint density at radius 2 is 1.51 bits per heavy atom. The topological polar surface area (TPSA) is 186 Å². The van der Waals surface area contributed by atoms with E-state index < -0.39 is 30.0 Å². The number of aliphatic carboxylic acids is 2. The first-order valence-corrected chi connectivity index (χ1v) is 11.5. The highest BCUT2D eigenvalue weighted by Crippen LogP contribution is 2.29. The van der Waals surface area contributed by atoms with E-state index in [2.05, 4.69) is 15.0 Å². The van der Waals surface area contributed by atoms with Crippen LogP contribution in [0.5, 0.6) is 11.8 Å². The molecule has 0 bridgehead atoms. The summed E-state index contributed by atoms with van der Waals surface area (Å²) in [6.45, 7) is 0. The van der Waals surface area contributed by atoms with Crippen molar-refractivity contribution in [2.75, 3.05) is 5.73 Å². The van der Waals surface area contributed by atoms with Crippen LogP contribution in [-0.2, 0) is 9.59 Å². The van der Waals surface area contributed by atoms with Crippen molar-refractivity contribution in [3.63, 3.8) is 0 Å². The van der Waals surface area contributed by atoms with Gasteiger partial charge in [-0.1, -0.05) is 18.2 Å². The second-order valence-corrected chi connectivity index (χ2v) is 8.22. The number of nitrogens with two attached hydrogens (primary N) is 1. The molecule has 0 saturated carbocycles. The van der Waals surface area contributed by atoms with E-state index in [-0.39, 0.29) is 18.0 Å². The first-order valence-electron chi connectivity index (χ1n) is 11.5. The average Bonchev–Trinajstić information content (AvgIpc) is 2.92. The van der Waals surface area contributed by atoms with E-state index in [0.29, 0.717) is 22.8 Å². The van der Waals surface area contributed by atoms with Gasteiger partial charge in [0.25, 0.3) is 0 Å². The molecule has 0 aliphatic carbocycles. The molecule has 1 atom stereocenters. The molecule has 0 saturated heterocycles. The highest BCUT2D eigenvalue weighted by molar-refractivity contribution is 5.87. The van der Waals surface area contributed by atoms with Gasteiger partial charge in [-0.15, -0.1) is 0 Å². The first kappa shape index (κ1) is 30.0. The van der Waals surface area contributed by atoms with Crippen LogP contribution in [0.2, 0.25) is 0 Å². The molecule has 4 rings (SSSR count). The predicted molar refractivity (Wildman–Crippen MR) is 137 cm³/mol. The summed E-state index contributed by atoms with van der Waals surface area (Å²) in [5.74, 6) is -4.52. The molecule has 2 aromatic carbocycles. The molecule has 4 aromatic rings. The number of carboxylic acids is 3. The number of rotatable bonds is 8. The van der Waals surface area contributed by atoms with Crippen LogP contribution in [0.3, 0.4) is 0 Å². The zero-order chi connectivity index (χ0) is 30.2. The molecule has 14 heteroatoms. The second-order valence-electron chi connectivity index (χ2n) is 8.22. The summed E-state index contributed by atoms with van der Waals surface area (Å²) in [6, 6.07) is 20.2. The maximum atomic E-state index is 11.5. The maximum Gasteiger partial charge on any atom is 0.490 e. The van der Waals surface area contributed by atoms with Crippen LogP contribution in [0.1, 0.15) is 34.0 Å². The first-order chi connectivity index (χ1) is 19.3. The normalized spacial score (nSPS) is 11.5. The number of anilines is 1. The van der Waals surface area contributed by atoms with Crippen LogP contribution in [0, 0.1) is 0 Å². The Kier molecular flexibility index (Phi) is 9.53. The van der Waals surface area contributed by atoms with Gasteiger partial charge >= 0.3 is 30.1 Å². The van der Waals surface area contributed by atoms with Gasteiger partial charge in [-0.2, -0.15) is 18.2 Å². The number of ether oxygens (including phenoxy) is 1. The van der Waals surface area contributed by atoms with Gasteiger partial charge in [-0.3, -0.25) is 4.79 Å². The summed E-state index contributed by atoms with van der Waals surface area (Å²) >= 11 is 0. The number of nitrogen functional groups attached to an aromatic ring is 1. The quantitative estimate of drug-likeness (QED) is 0.227. The van der Waals surface area contributed by atoms with E-state index in [4.69, 9.17) is 25.5 Å². The maximum absolute atomic E-state index is 11.5. The van der Waals surface area contributed by atoms with Crippen molar-refractivity contribution in [1.82, 2.24) is 15.0 Å². The lowest BCUT2D eigenvalue weighted by atomic mass is 9.91. The molecule has 0 radical (unpaired) electrons. The van der Waals surface area contributed by atoms with E-state index in [1.54, 1.807) is 36.4 Å². The highest BCUT2D eigenvalue weighted by atomic mass is 19.4. The van der Waals surface area contributed by atoms with E-state index in [1.807, 2.05) is 24.3 Å². The van der Waals surface area contributed by atoms with Crippen molar-refractivity contribution in [3.8, 4) is 23.0 Å². The van der Waals surface area contributed by atoms with Gasteiger partial charge < -0.3 is 25.8 Å². The number of aromatic nitrogens is 3. The largest absolute Gasteiger partial charge is 0.490 e. The van der Waals surface area contributed by atoms with Crippen molar-refractivity contribution in [3.05, 3.63) is 95.8 Å². The number of pyridine rings is 1. The highest BCUT2D eigenvalue weighted by Gasteiger charge is 2.38. The Balaban J connectivity index is 0.000000587. The second kappa shape index (κ2) is 13.0. The Bertz CT molecular complexity index is 1530. The minimum atomic E-state index is -5.08. The molecule has 5 N–H and O–H groups in total. The third-order valence-electron chi connectivity index (χ3n) is 5.32. The fourth-order valence-electron chi connectivity index (χ4n) is 3.43. The van der Waals surface area contributed by atoms with E-state index in [1.165, 1.54) is 18.3 Å². The SMILES string of the molecule is Nc1cccc(-c2ccc(Oc3nccc(C(CC(=O)O)c4ccc(C(=O)O)cc4)n3)cc2)n1.O=C(O)C(F)(F)F. The Morgan fingerprint density at radius 1 is 0.878 bits per heavy atom. The van der Waals surface area contributed by atoms with Crippen LogP contribution in [0.15, 0.2) is 79.0 Å². The molecule has 1 unspecified atom stereocenters. The number of nitrogens with zero attached hydrogens (tertiary/aromatic N) is 3. The Labute approximate surface area is 229 Å². The molecule has 0 aliphatic rings. The van der Waals surface area contributed by atoms with Crippen LogP contribution >= 0.6 is 0 Å². The molecule has 0 fully saturated rings. The molecule has 2 aromatic heterocycles. The smallest absolute Gasteiger partial charge is 0.481 e. The van der Waals surface area contributed by atoms with E-state index in [9.17, 15) is 27.9 Å². The molecule has 0 amide bonds. The van der Waals surface area contributed by atoms with Crippen LogP contribution in [0.25, 0.3) is 11.3 Å². The summed E-state index contributed by atoms with van der Waals surface area (Å²) in [4.78, 5) is 44.3. The van der Waals surface area contributed by atoms with Gasteiger partial charge in [-0.05, 0) is 60.2 Å². The summed E-state index contributed by atoms with van der Waals surface area (Å²) < 4.78 is 37.5. The lowest BCUT2D eigenvalue weighted by Gasteiger charge is -2.16. The average molecular weight is 570 g/mol. The summed E-state index contributed by atoms with van der Waals surface area (Å²) in [5.41, 5.74) is 8.51. The minimum Gasteiger partial charge on any atom is -0.481 e. The molecule has 212 valence electrons. The number of aromatic carboxylic acids is 1. The molecular formula is C27H21F3N4O7. The molecule has 2 heterocycles. The number of hydrogen-bond acceptors (Lipinski definition) is 8. The third-order valence-corrected chi connectivity index (χ3v) is 5.32.